The van der Waals surface area contributed by atoms with E-state index in [9.17, 15) is 31.2 Å². The van der Waals surface area contributed by atoms with Crippen molar-refractivity contribution in [2.45, 2.75) is 64.8 Å². The van der Waals surface area contributed by atoms with Crippen LogP contribution in [0.1, 0.15) is 51.2 Å². The summed E-state index contributed by atoms with van der Waals surface area (Å²) in [6.07, 6.45) is -3.60. The number of carbonyl (C=O) groups is 2. The first kappa shape index (κ1) is 32.7. The van der Waals surface area contributed by atoms with Crippen molar-refractivity contribution in [3.05, 3.63) is 63.6 Å². The molecule has 2 amide bonds. The number of hydrogen-bond acceptors (Lipinski definition) is 4. The summed E-state index contributed by atoms with van der Waals surface area (Å²) < 4.78 is 65.2. The van der Waals surface area contributed by atoms with Crippen LogP contribution in [-0.4, -0.2) is 50.0 Å². The van der Waals surface area contributed by atoms with Crippen molar-refractivity contribution in [3.8, 4) is 0 Å². The summed E-state index contributed by atoms with van der Waals surface area (Å²) in [6.45, 7) is 5.16. The summed E-state index contributed by atoms with van der Waals surface area (Å²) in [4.78, 5) is 27.7. The number of sulfonamides is 1. The van der Waals surface area contributed by atoms with Crippen LogP contribution in [0.3, 0.4) is 0 Å². The Morgan fingerprint density at radius 1 is 1.05 bits per heavy atom. The van der Waals surface area contributed by atoms with Gasteiger partial charge in [-0.05, 0) is 62.6 Å². The normalized spacial score (nSPS) is 12.8. The summed E-state index contributed by atoms with van der Waals surface area (Å²) in [5.41, 5.74) is -0.509. The van der Waals surface area contributed by atoms with E-state index in [0.29, 0.717) is 17.0 Å². The Bertz CT molecular complexity index is 1270. The fraction of sp³-hybridized carbons (Fsp3) is 0.462. The Morgan fingerprint density at radius 3 is 2.26 bits per heavy atom. The molecule has 2 rings (SSSR count). The van der Waals surface area contributed by atoms with Crippen LogP contribution in [0.4, 0.5) is 18.9 Å². The summed E-state index contributed by atoms with van der Waals surface area (Å²) in [7, 11) is -3.95. The average Bonchev–Trinajstić information content (AvgIpc) is 2.82. The summed E-state index contributed by atoms with van der Waals surface area (Å²) >= 11 is 12.1. The van der Waals surface area contributed by atoms with Crippen molar-refractivity contribution in [2.24, 2.45) is 0 Å². The fourth-order valence-corrected chi connectivity index (χ4v) is 5.25. The molecule has 0 spiro atoms. The molecule has 1 N–H and O–H groups in total. The van der Waals surface area contributed by atoms with Gasteiger partial charge in [0.05, 0.1) is 27.6 Å². The molecule has 0 aliphatic rings. The number of nitrogens with one attached hydrogen (secondary N) is 1. The molecule has 0 aromatic heterocycles. The number of halogens is 5. The lowest BCUT2D eigenvalue weighted by Crippen LogP contribution is -2.50. The Morgan fingerprint density at radius 2 is 1.72 bits per heavy atom. The van der Waals surface area contributed by atoms with Gasteiger partial charge in [-0.15, -0.1) is 0 Å². The molecule has 0 unspecified atom stereocenters. The third-order valence-corrected chi connectivity index (χ3v) is 7.70. The van der Waals surface area contributed by atoms with E-state index in [1.165, 1.54) is 11.0 Å². The topological polar surface area (TPSA) is 86.8 Å². The lowest BCUT2D eigenvalue weighted by molar-refractivity contribution is -0.141. The van der Waals surface area contributed by atoms with Crippen molar-refractivity contribution >= 4 is 50.7 Å². The Labute approximate surface area is 237 Å². The van der Waals surface area contributed by atoms with Gasteiger partial charge in [-0.2, -0.15) is 13.2 Å². The largest absolute Gasteiger partial charge is 0.416 e. The number of amides is 2. The third kappa shape index (κ3) is 9.58. The van der Waals surface area contributed by atoms with Crippen LogP contribution in [0, 0.1) is 0 Å². The molecule has 1 atom stereocenters. The number of alkyl halides is 3. The minimum absolute atomic E-state index is 0.00224. The molecule has 0 bridgehead atoms. The molecular formula is C26H32Cl2F3N3O4S. The first-order chi connectivity index (χ1) is 18.0. The molecule has 0 aliphatic carbocycles. The van der Waals surface area contributed by atoms with Crippen LogP contribution in [0.2, 0.25) is 10.0 Å². The summed E-state index contributed by atoms with van der Waals surface area (Å²) in [5, 5.41) is 3.42. The van der Waals surface area contributed by atoms with E-state index in [2.05, 4.69) is 5.32 Å². The second-order valence-corrected chi connectivity index (χ2v) is 12.1. The first-order valence-electron chi connectivity index (χ1n) is 12.2. The molecule has 0 saturated heterocycles. The van der Waals surface area contributed by atoms with Gasteiger partial charge in [0.2, 0.25) is 21.8 Å². The second kappa shape index (κ2) is 13.7. The highest BCUT2D eigenvalue weighted by Gasteiger charge is 2.32. The molecule has 0 heterocycles. The molecule has 7 nitrogen and oxygen atoms in total. The quantitative estimate of drug-likeness (QED) is 0.325. The predicted molar refractivity (Wildman–Crippen MR) is 147 cm³/mol. The number of benzene rings is 2. The highest BCUT2D eigenvalue weighted by atomic mass is 35.5. The minimum atomic E-state index is -4.65. The zero-order chi connectivity index (χ0) is 29.5. The maximum atomic E-state index is 13.4. The number of carbonyl (C=O) groups excluding carboxylic acids is 2. The van der Waals surface area contributed by atoms with Crippen molar-refractivity contribution in [1.29, 1.82) is 0 Å². The van der Waals surface area contributed by atoms with Crippen molar-refractivity contribution in [2.75, 3.05) is 17.1 Å². The maximum absolute atomic E-state index is 13.4. The minimum Gasteiger partial charge on any atom is -0.352 e. The Hall–Kier alpha value is -2.50. The standard InChI is InChI=1S/C26H32Cl2F3N3O4S/c1-5-23(25(36)32-17(2)3)33(16-18-11-12-21(27)22(28)14-18)24(35)10-7-13-34(39(4,37)38)20-9-6-8-19(15-20)26(29,30)31/h6,8-9,11-12,14-15,17,23H,5,7,10,13,16H2,1-4H3,(H,32,36)/t23-/m1/s1. The lowest BCUT2D eigenvalue weighted by Gasteiger charge is -2.31. The van der Waals surface area contributed by atoms with Gasteiger partial charge in [0.25, 0.3) is 0 Å². The molecule has 0 saturated carbocycles. The molecule has 0 fully saturated rings. The van der Waals surface area contributed by atoms with Crippen LogP contribution in [0.25, 0.3) is 0 Å². The maximum Gasteiger partial charge on any atom is 0.416 e. The fourth-order valence-electron chi connectivity index (χ4n) is 3.98. The Kier molecular flexibility index (Phi) is 11.5. The van der Waals surface area contributed by atoms with E-state index in [4.69, 9.17) is 23.2 Å². The zero-order valence-corrected chi connectivity index (χ0v) is 24.4. The molecule has 2 aromatic carbocycles. The highest BCUT2D eigenvalue weighted by Crippen LogP contribution is 2.32. The molecule has 2 aromatic rings. The van der Waals surface area contributed by atoms with E-state index < -0.39 is 33.7 Å². The van der Waals surface area contributed by atoms with Gasteiger partial charge in [0, 0.05) is 25.6 Å². The average molecular weight is 611 g/mol. The zero-order valence-electron chi connectivity index (χ0n) is 22.1. The first-order valence-corrected chi connectivity index (χ1v) is 14.8. The number of hydrogen-bond donors (Lipinski definition) is 1. The van der Waals surface area contributed by atoms with Gasteiger partial charge in [-0.25, -0.2) is 8.42 Å². The third-order valence-electron chi connectivity index (χ3n) is 5.77. The molecular weight excluding hydrogens is 578 g/mol. The predicted octanol–water partition coefficient (Wildman–Crippen LogP) is 5.89. The summed E-state index contributed by atoms with van der Waals surface area (Å²) in [5.74, 6) is -0.771. The smallest absolute Gasteiger partial charge is 0.352 e. The monoisotopic (exact) mass is 609 g/mol. The van der Waals surface area contributed by atoms with Crippen LogP contribution in [0.5, 0.6) is 0 Å². The Balaban J connectivity index is 2.28. The lowest BCUT2D eigenvalue weighted by atomic mass is 10.1. The van der Waals surface area contributed by atoms with Gasteiger partial charge in [-0.1, -0.05) is 42.3 Å². The molecule has 39 heavy (non-hydrogen) atoms. The number of rotatable bonds is 12. The van der Waals surface area contributed by atoms with E-state index in [1.54, 1.807) is 39.0 Å². The molecule has 0 aliphatic heterocycles. The van der Waals surface area contributed by atoms with E-state index >= 15 is 0 Å². The number of anilines is 1. The molecule has 13 heteroatoms. The van der Waals surface area contributed by atoms with E-state index in [1.807, 2.05) is 0 Å². The van der Waals surface area contributed by atoms with Crippen LogP contribution in [-0.2, 0) is 32.3 Å². The van der Waals surface area contributed by atoms with E-state index in [-0.39, 0.29) is 48.6 Å². The van der Waals surface area contributed by atoms with Gasteiger partial charge in [0.15, 0.2) is 0 Å². The second-order valence-electron chi connectivity index (χ2n) is 9.34. The van der Waals surface area contributed by atoms with Gasteiger partial charge >= 0.3 is 6.18 Å². The summed E-state index contributed by atoms with van der Waals surface area (Å²) in [6, 6.07) is 7.86. The van der Waals surface area contributed by atoms with Crippen molar-refractivity contribution in [1.82, 2.24) is 10.2 Å². The van der Waals surface area contributed by atoms with Crippen molar-refractivity contribution < 1.29 is 31.2 Å². The van der Waals surface area contributed by atoms with Gasteiger partial charge < -0.3 is 10.2 Å². The SMILES string of the molecule is CC[C@H](C(=O)NC(C)C)N(Cc1ccc(Cl)c(Cl)c1)C(=O)CCCN(c1cccc(C(F)(F)F)c1)S(C)(=O)=O. The molecule has 216 valence electrons. The number of nitrogens with zero attached hydrogens (tertiary/aromatic N) is 2. The van der Waals surface area contributed by atoms with Gasteiger partial charge in [-0.3, -0.25) is 13.9 Å². The van der Waals surface area contributed by atoms with Crippen LogP contribution in [0.15, 0.2) is 42.5 Å². The highest BCUT2D eigenvalue weighted by molar-refractivity contribution is 7.92. The van der Waals surface area contributed by atoms with Crippen LogP contribution >= 0.6 is 23.2 Å². The van der Waals surface area contributed by atoms with E-state index in [0.717, 1.165) is 28.8 Å². The molecule has 0 radical (unpaired) electrons. The van der Waals surface area contributed by atoms with Gasteiger partial charge in [0.1, 0.15) is 6.04 Å². The van der Waals surface area contributed by atoms with Crippen molar-refractivity contribution in [3.63, 3.8) is 0 Å². The van der Waals surface area contributed by atoms with Crippen LogP contribution < -0.4 is 9.62 Å².